The monoisotopic (exact) mass is 335 g/mol. The molecule has 1 aromatic carbocycles. The van der Waals surface area contributed by atoms with Crippen molar-refractivity contribution in [3.63, 3.8) is 0 Å². The second-order valence-electron chi connectivity index (χ2n) is 4.71. The average Bonchev–Trinajstić information content (AvgIpc) is 2.36. The summed E-state index contributed by atoms with van der Waals surface area (Å²) in [6, 6.07) is 4.56. The van der Waals surface area contributed by atoms with Crippen LogP contribution in [0.25, 0.3) is 0 Å². The van der Waals surface area contributed by atoms with Crippen molar-refractivity contribution in [1.82, 2.24) is 5.32 Å². The van der Waals surface area contributed by atoms with Gasteiger partial charge in [0, 0.05) is 12.6 Å². The molecule has 3 N–H and O–H groups in total. The second-order valence-corrected chi connectivity index (χ2v) is 5.52. The number of ether oxygens (including phenoxy) is 1. The van der Waals surface area contributed by atoms with Gasteiger partial charge in [0.1, 0.15) is 5.75 Å². The molecule has 0 aromatic heterocycles. The Hall–Kier alpha value is -1.50. The molecule has 0 spiro atoms. The smallest absolute Gasteiger partial charge is 0.306 e. The van der Waals surface area contributed by atoms with Gasteiger partial charge < -0.3 is 20.3 Å². The number of aliphatic hydroxyl groups is 1. The lowest BCUT2D eigenvalue weighted by Gasteiger charge is -2.21. The molecule has 0 aliphatic heterocycles. The van der Waals surface area contributed by atoms with E-state index in [1.807, 2.05) is 0 Å². The van der Waals surface area contributed by atoms with Gasteiger partial charge in [-0.1, -0.05) is 23.2 Å². The van der Waals surface area contributed by atoms with Crippen molar-refractivity contribution in [2.24, 2.45) is 0 Å². The number of nitrogens with one attached hydrogen (secondary N) is 1. The van der Waals surface area contributed by atoms with Crippen LogP contribution in [0.1, 0.15) is 13.3 Å². The molecule has 1 amide bonds. The Labute approximate surface area is 131 Å². The number of aliphatic carboxylic acids is 1. The number of carbonyl (C=O) groups is 2. The molecular weight excluding hydrogens is 321 g/mol. The van der Waals surface area contributed by atoms with E-state index in [0.717, 1.165) is 0 Å². The molecule has 116 valence electrons. The molecule has 1 atom stereocenters. The number of amides is 1. The predicted octanol–water partition coefficient (Wildman–Crippen LogP) is 1.71. The van der Waals surface area contributed by atoms with Gasteiger partial charge in [0.25, 0.3) is 5.91 Å². The highest BCUT2D eigenvalue weighted by atomic mass is 35.5. The van der Waals surface area contributed by atoms with E-state index in [2.05, 4.69) is 5.32 Å². The summed E-state index contributed by atoms with van der Waals surface area (Å²) in [7, 11) is 0. The largest absolute Gasteiger partial charge is 0.484 e. The number of rotatable bonds is 7. The zero-order valence-corrected chi connectivity index (χ0v) is 12.7. The number of hydrogen-bond acceptors (Lipinski definition) is 4. The van der Waals surface area contributed by atoms with Crippen LogP contribution in [0.2, 0.25) is 10.0 Å². The van der Waals surface area contributed by atoms with Crippen molar-refractivity contribution in [1.29, 1.82) is 0 Å². The third-order valence-corrected chi connectivity index (χ3v) is 3.20. The normalized spacial score (nSPS) is 13.3. The SMILES string of the molecule is CC(O)(CNC(=O)COc1ccc(Cl)c(Cl)c1)CC(=O)O. The highest BCUT2D eigenvalue weighted by Crippen LogP contribution is 2.26. The summed E-state index contributed by atoms with van der Waals surface area (Å²) in [5, 5.41) is 21.4. The highest BCUT2D eigenvalue weighted by molar-refractivity contribution is 6.42. The fourth-order valence-corrected chi connectivity index (χ4v) is 1.73. The van der Waals surface area contributed by atoms with Crippen LogP contribution in [0.5, 0.6) is 5.75 Å². The van der Waals surface area contributed by atoms with Crippen molar-refractivity contribution < 1.29 is 24.5 Å². The Kier molecular flexibility index (Phi) is 6.26. The summed E-state index contributed by atoms with van der Waals surface area (Å²) >= 11 is 11.5. The zero-order chi connectivity index (χ0) is 16.0. The zero-order valence-electron chi connectivity index (χ0n) is 11.2. The molecule has 1 rings (SSSR count). The lowest BCUT2D eigenvalue weighted by Crippen LogP contribution is -2.43. The number of halogens is 2. The van der Waals surface area contributed by atoms with Gasteiger partial charge >= 0.3 is 5.97 Å². The van der Waals surface area contributed by atoms with Gasteiger partial charge in [-0.2, -0.15) is 0 Å². The first-order valence-corrected chi connectivity index (χ1v) is 6.74. The fraction of sp³-hybridized carbons (Fsp3) is 0.385. The van der Waals surface area contributed by atoms with Crippen molar-refractivity contribution in [2.75, 3.05) is 13.2 Å². The van der Waals surface area contributed by atoms with Gasteiger partial charge in [0.15, 0.2) is 6.61 Å². The third kappa shape index (κ3) is 6.66. The summed E-state index contributed by atoms with van der Waals surface area (Å²) in [6.07, 6.45) is -0.471. The topological polar surface area (TPSA) is 95.9 Å². The van der Waals surface area contributed by atoms with E-state index in [1.165, 1.54) is 19.1 Å². The number of carboxylic acid groups (broad SMARTS) is 1. The molecule has 6 nitrogen and oxygen atoms in total. The molecule has 1 unspecified atom stereocenters. The lowest BCUT2D eigenvalue weighted by atomic mass is 10.0. The molecular formula is C13H15Cl2NO5. The molecule has 0 aliphatic rings. The molecule has 21 heavy (non-hydrogen) atoms. The van der Waals surface area contributed by atoms with Gasteiger partial charge in [0.05, 0.1) is 22.1 Å². The molecule has 1 aromatic rings. The number of hydrogen-bond donors (Lipinski definition) is 3. The summed E-state index contributed by atoms with van der Waals surface area (Å²) in [5.41, 5.74) is -1.52. The summed E-state index contributed by atoms with van der Waals surface area (Å²) in [5.74, 6) is -1.27. The van der Waals surface area contributed by atoms with Gasteiger partial charge in [-0.05, 0) is 19.1 Å². The minimum Gasteiger partial charge on any atom is -0.484 e. The molecule has 0 aliphatic carbocycles. The van der Waals surface area contributed by atoms with Crippen molar-refractivity contribution in [2.45, 2.75) is 18.9 Å². The second kappa shape index (κ2) is 7.49. The first-order chi connectivity index (χ1) is 9.69. The molecule has 0 bridgehead atoms. The predicted molar refractivity (Wildman–Crippen MR) is 77.8 cm³/mol. The maximum atomic E-state index is 11.5. The maximum Gasteiger partial charge on any atom is 0.306 e. The van der Waals surface area contributed by atoms with Gasteiger partial charge in [0.2, 0.25) is 0 Å². The number of carboxylic acids is 1. The average molecular weight is 336 g/mol. The number of benzene rings is 1. The van der Waals surface area contributed by atoms with Crippen molar-refractivity contribution in [3.8, 4) is 5.75 Å². The van der Waals surface area contributed by atoms with Gasteiger partial charge in [-0.15, -0.1) is 0 Å². The third-order valence-electron chi connectivity index (χ3n) is 2.46. The quantitative estimate of drug-likeness (QED) is 0.705. The van der Waals surface area contributed by atoms with E-state index in [0.29, 0.717) is 15.8 Å². The molecule has 0 saturated carbocycles. The van der Waals surface area contributed by atoms with E-state index in [1.54, 1.807) is 6.07 Å². The van der Waals surface area contributed by atoms with E-state index < -0.39 is 23.9 Å². The summed E-state index contributed by atoms with van der Waals surface area (Å²) < 4.78 is 5.20. The molecule has 0 saturated heterocycles. The van der Waals surface area contributed by atoms with Crippen LogP contribution in [0.15, 0.2) is 18.2 Å². The van der Waals surface area contributed by atoms with E-state index >= 15 is 0 Å². The Morgan fingerprint density at radius 1 is 1.33 bits per heavy atom. The number of carbonyl (C=O) groups excluding carboxylic acids is 1. The fourth-order valence-electron chi connectivity index (χ4n) is 1.44. The Bertz CT molecular complexity index is 533. The minimum absolute atomic E-state index is 0.192. The summed E-state index contributed by atoms with van der Waals surface area (Å²) in [6.45, 7) is 0.838. The van der Waals surface area contributed by atoms with Crippen LogP contribution >= 0.6 is 23.2 Å². The van der Waals surface area contributed by atoms with Crippen LogP contribution in [-0.2, 0) is 9.59 Å². The first kappa shape index (κ1) is 17.6. The van der Waals surface area contributed by atoms with Crippen LogP contribution in [-0.4, -0.2) is 40.8 Å². The summed E-state index contributed by atoms with van der Waals surface area (Å²) in [4.78, 5) is 22.1. The Balaban J connectivity index is 2.40. The van der Waals surface area contributed by atoms with Crippen LogP contribution in [0.4, 0.5) is 0 Å². The van der Waals surface area contributed by atoms with Crippen molar-refractivity contribution in [3.05, 3.63) is 28.2 Å². The van der Waals surface area contributed by atoms with Crippen LogP contribution in [0.3, 0.4) is 0 Å². The van der Waals surface area contributed by atoms with Gasteiger partial charge in [-0.25, -0.2) is 0 Å². The molecule has 0 heterocycles. The van der Waals surface area contributed by atoms with E-state index in [9.17, 15) is 14.7 Å². The first-order valence-electron chi connectivity index (χ1n) is 5.98. The van der Waals surface area contributed by atoms with Crippen LogP contribution in [0, 0.1) is 0 Å². The standard InChI is InChI=1S/C13H15Cl2NO5/c1-13(20,5-12(18)19)7-16-11(17)6-21-8-2-3-9(14)10(15)4-8/h2-4,20H,5-7H2,1H3,(H,16,17)(H,18,19). The van der Waals surface area contributed by atoms with E-state index in [-0.39, 0.29) is 13.2 Å². The maximum absolute atomic E-state index is 11.5. The Morgan fingerprint density at radius 2 is 2.00 bits per heavy atom. The lowest BCUT2D eigenvalue weighted by molar-refractivity contribution is -0.142. The van der Waals surface area contributed by atoms with E-state index in [4.69, 9.17) is 33.0 Å². The Morgan fingerprint density at radius 3 is 2.57 bits per heavy atom. The highest BCUT2D eigenvalue weighted by Gasteiger charge is 2.24. The molecule has 8 heteroatoms. The molecule has 0 radical (unpaired) electrons. The van der Waals surface area contributed by atoms with Crippen molar-refractivity contribution >= 4 is 35.1 Å². The van der Waals surface area contributed by atoms with Crippen LogP contribution < -0.4 is 10.1 Å². The van der Waals surface area contributed by atoms with Gasteiger partial charge in [-0.3, -0.25) is 9.59 Å². The minimum atomic E-state index is -1.52. The molecule has 0 fully saturated rings.